The lowest BCUT2D eigenvalue weighted by atomic mass is 9.84. The second kappa shape index (κ2) is 5.73. The van der Waals surface area contributed by atoms with Crippen molar-refractivity contribution in [2.45, 2.75) is 25.3 Å². The van der Waals surface area contributed by atoms with Gasteiger partial charge in [0.25, 0.3) is 0 Å². The second-order valence-electron chi connectivity index (χ2n) is 6.91. The summed E-state index contributed by atoms with van der Waals surface area (Å²) in [6.07, 6.45) is 6.58. The molecule has 0 amide bonds. The van der Waals surface area contributed by atoms with E-state index in [1.165, 1.54) is 48.1 Å². The van der Waals surface area contributed by atoms with E-state index in [0.717, 1.165) is 5.92 Å². The van der Waals surface area contributed by atoms with Crippen molar-refractivity contribution in [2.75, 3.05) is 13.6 Å². The molecular weight excluding hydrogens is 266 g/mol. The highest BCUT2D eigenvalue weighted by Crippen LogP contribution is 2.31. The monoisotopic (exact) mass is 290 g/mol. The normalized spacial score (nSPS) is 21.9. The lowest BCUT2D eigenvalue weighted by molar-refractivity contribution is -0.900. The molecule has 0 heterocycles. The summed E-state index contributed by atoms with van der Waals surface area (Å²) in [6.45, 7) is 1.32. The lowest BCUT2D eigenvalue weighted by Crippen LogP contribution is -3.13. The number of benzene rings is 2. The summed E-state index contributed by atoms with van der Waals surface area (Å²) in [5.41, 5.74) is 5.69. The molecular formula is C21H24N+. The van der Waals surface area contributed by atoms with Crippen LogP contribution < -0.4 is 4.90 Å². The molecule has 0 bridgehead atoms. The van der Waals surface area contributed by atoms with Gasteiger partial charge in [-0.1, -0.05) is 54.6 Å². The minimum Gasteiger partial charge on any atom is -0.331 e. The Morgan fingerprint density at radius 3 is 2.45 bits per heavy atom. The maximum absolute atomic E-state index is 2.52. The Kier molecular flexibility index (Phi) is 3.59. The number of quaternary nitrogens is 1. The van der Waals surface area contributed by atoms with Crippen molar-refractivity contribution in [3.63, 3.8) is 0 Å². The SMILES string of the molecule is C[NH+](CC1CC1)C1C=C(c2ccccc2)c2ccccc2C1. The minimum atomic E-state index is 0.603. The second-order valence-corrected chi connectivity index (χ2v) is 6.91. The summed E-state index contributed by atoms with van der Waals surface area (Å²) < 4.78 is 0. The fourth-order valence-electron chi connectivity index (χ4n) is 3.66. The standard InChI is InChI=1S/C21H23N/c1-22(15-16-11-12-16)19-13-18-9-5-6-10-20(18)21(14-19)17-7-3-2-4-8-17/h2-10,14,16,19H,11-13,15H2,1H3/p+1. The Bertz CT molecular complexity index is 682. The molecule has 4 rings (SSSR count). The van der Waals surface area contributed by atoms with E-state index in [1.54, 1.807) is 4.90 Å². The first-order valence-corrected chi connectivity index (χ1v) is 8.49. The van der Waals surface area contributed by atoms with Crippen molar-refractivity contribution < 1.29 is 4.90 Å². The highest BCUT2D eigenvalue weighted by atomic mass is 15.1. The van der Waals surface area contributed by atoms with Gasteiger partial charge >= 0.3 is 0 Å². The molecule has 0 aromatic heterocycles. The van der Waals surface area contributed by atoms with Gasteiger partial charge in [0.1, 0.15) is 6.04 Å². The molecule has 2 aliphatic carbocycles. The number of likely N-dealkylation sites (N-methyl/N-ethyl adjacent to an activating group) is 1. The summed E-state index contributed by atoms with van der Waals surface area (Å²) in [6, 6.07) is 20.4. The number of nitrogens with one attached hydrogen (secondary N) is 1. The van der Waals surface area contributed by atoms with Gasteiger partial charge in [0.2, 0.25) is 0 Å². The predicted octanol–water partition coefficient (Wildman–Crippen LogP) is 2.97. The fourth-order valence-corrected chi connectivity index (χ4v) is 3.66. The average Bonchev–Trinajstić information content (AvgIpc) is 3.38. The predicted molar refractivity (Wildman–Crippen MR) is 91.9 cm³/mol. The van der Waals surface area contributed by atoms with Crippen molar-refractivity contribution in [1.82, 2.24) is 0 Å². The van der Waals surface area contributed by atoms with Gasteiger partial charge in [-0.2, -0.15) is 0 Å². The first-order valence-electron chi connectivity index (χ1n) is 8.49. The molecule has 22 heavy (non-hydrogen) atoms. The van der Waals surface area contributed by atoms with E-state index in [9.17, 15) is 0 Å². The number of hydrogen-bond donors (Lipinski definition) is 1. The number of fused-ring (bicyclic) bond motifs is 1. The van der Waals surface area contributed by atoms with Crippen LogP contribution in [0.5, 0.6) is 0 Å². The van der Waals surface area contributed by atoms with Gasteiger partial charge in [-0.25, -0.2) is 0 Å². The van der Waals surface area contributed by atoms with Gasteiger partial charge in [0, 0.05) is 12.3 Å². The van der Waals surface area contributed by atoms with E-state index in [2.05, 4.69) is 67.7 Å². The van der Waals surface area contributed by atoms with Crippen LogP contribution in [0.4, 0.5) is 0 Å². The topological polar surface area (TPSA) is 4.44 Å². The van der Waals surface area contributed by atoms with Crippen molar-refractivity contribution in [1.29, 1.82) is 0 Å². The molecule has 2 aromatic rings. The van der Waals surface area contributed by atoms with Crippen LogP contribution in [0.15, 0.2) is 60.7 Å². The molecule has 1 heteroatoms. The Labute approximate surface area is 133 Å². The molecule has 0 radical (unpaired) electrons. The van der Waals surface area contributed by atoms with Crippen LogP contribution in [-0.4, -0.2) is 19.6 Å². The maximum atomic E-state index is 2.52. The Hall–Kier alpha value is -1.86. The van der Waals surface area contributed by atoms with Crippen molar-refractivity contribution in [3.05, 3.63) is 77.4 Å². The summed E-state index contributed by atoms with van der Waals surface area (Å²) in [5, 5.41) is 0. The van der Waals surface area contributed by atoms with Gasteiger partial charge in [-0.05, 0) is 41.2 Å². The number of hydrogen-bond acceptors (Lipinski definition) is 0. The van der Waals surface area contributed by atoms with Gasteiger partial charge in [0.15, 0.2) is 0 Å². The summed E-state index contributed by atoms with van der Waals surface area (Å²) in [4.78, 5) is 1.67. The smallest absolute Gasteiger partial charge is 0.111 e. The molecule has 2 aromatic carbocycles. The zero-order chi connectivity index (χ0) is 14.9. The molecule has 2 aliphatic rings. The van der Waals surface area contributed by atoms with Crippen molar-refractivity contribution >= 4 is 5.57 Å². The molecule has 0 aliphatic heterocycles. The van der Waals surface area contributed by atoms with Gasteiger partial charge < -0.3 is 4.90 Å². The van der Waals surface area contributed by atoms with E-state index in [1.807, 2.05) is 0 Å². The molecule has 1 saturated carbocycles. The molecule has 1 fully saturated rings. The summed E-state index contributed by atoms with van der Waals surface area (Å²) >= 11 is 0. The Balaban J connectivity index is 1.71. The summed E-state index contributed by atoms with van der Waals surface area (Å²) in [5.74, 6) is 0.978. The molecule has 2 unspecified atom stereocenters. The Morgan fingerprint density at radius 1 is 0.955 bits per heavy atom. The van der Waals surface area contributed by atoms with Crippen LogP contribution in [0, 0.1) is 5.92 Å². The molecule has 112 valence electrons. The third-order valence-corrected chi connectivity index (χ3v) is 5.14. The highest BCUT2D eigenvalue weighted by Gasteiger charge is 2.31. The largest absolute Gasteiger partial charge is 0.331 e. The minimum absolute atomic E-state index is 0.603. The van der Waals surface area contributed by atoms with Crippen LogP contribution in [0.2, 0.25) is 0 Å². The zero-order valence-electron chi connectivity index (χ0n) is 13.3. The number of rotatable bonds is 4. The van der Waals surface area contributed by atoms with Crippen LogP contribution in [0.3, 0.4) is 0 Å². The van der Waals surface area contributed by atoms with Crippen LogP contribution >= 0.6 is 0 Å². The third-order valence-electron chi connectivity index (χ3n) is 5.14. The molecule has 1 N–H and O–H groups in total. The molecule has 1 nitrogen and oxygen atoms in total. The van der Waals surface area contributed by atoms with Crippen molar-refractivity contribution in [3.8, 4) is 0 Å². The van der Waals surface area contributed by atoms with E-state index >= 15 is 0 Å². The molecule has 2 atom stereocenters. The Morgan fingerprint density at radius 2 is 1.68 bits per heavy atom. The van der Waals surface area contributed by atoms with Gasteiger partial charge in [-0.15, -0.1) is 0 Å². The summed E-state index contributed by atoms with van der Waals surface area (Å²) in [7, 11) is 2.37. The van der Waals surface area contributed by atoms with E-state index in [-0.39, 0.29) is 0 Å². The van der Waals surface area contributed by atoms with Gasteiger partial charge in [-0.3, -0.25) is 0 Å². The lowest BCUT2D eigenvalue weighted by Gasteiger charge is -2.29. The van der Waals surface area contributed by atoms with Crippen LogP contribution in [0.25, 0.3) is 5.57 Å². The fraction of sp³-hybridized carbons (Fsp3) is 0.333. The van der Waals surface area contributed by atoms with Gasteiger partial charge in [0.05, 0.1) is 13.6 Å². The molecule has 0 spiro atoms. The first kappa shape index (κ1) is 13.8. The van der Waals surface area contributed by atoms with Crippen molar-refractivity contribution in [2.24, 2.45) is 5.92 Å². The maximum Gasteiger partial charge on any atom is 0.111 e. The highest BCUT2D eigenvalue weighted by molar-refractivity contribution is 5.83. The van der Waals surface area contributed by atoms with E-state index in [4.69, 9.17) is 0 Å². The van der Waals surface area contributed by atoms with E-state index < -0.39 is 0 Å². The average molecular weight is 290 g/mol. The van der Waals surface area contributed by atoms with E-state index in [0.29, 0.717) is 6.04 Å². The van der Waals surface area contributed by atoms with Crippen LogP contribution in [-0.2, 0) is 6.42 Å². The zero-order valence-corrected chi connectivity index (χ0v) is 13.3. The third kappa shape index (κ3) is 2.74. The van der Waals surface area contributed by atoms with Crippen LogP contribution in [0.1, 0.15) is 29.5 Å². The quantitative estimate of drug-likeness (QED) is 0.883. The molecule has 0 saturated heterocycles. The first-order chi connectivity index (χ1) is 10.8.